The fourth-order valence-electron chi connectivity index (χ4n) is 2.88. The van der Waals surface area contributed by atoms with Crippen LogP contribution in [0.5, 0.6) is 0 Å². The number of rotatable bonds is 2. The first-order valence-electron chi connectivity index (χ1n) is 6.43. The predicted molar refractivity (Wildman–Crippen MR) is 63.9 cm³/mol. The summed E-state index contributed by atoms with van der Waals surface area (Å²) in [6.45, 7) is 2.95. The third-order valence-electron chi connectivity index (χ3n) is 3.82. The summed E-state index contributed by atoms with van der Waals surface area (Å²) in [7, 11) is 0. The quantitative estimate of drug-likeness (QED) is 0.615. The van der Waals surface area contributed by atoms with Crippen LogP contribution in [0, 0.1) is 5.92 Å². The van der Waals surface area contributed by atoms with E-state index in [9.17, 15) is 14.7 Å². The lowest BCUT2D eigenvalue weighted by molar-refractivity contribution is -0.150. The average Bonchev–Trinajstić information content (AvgIpc) is 2.70. The summed E-state index contributed by atoms with van der Waals surface area (Å²) in [6, 6.07) is -0.582. The molecule has 0 aliphatic carbocycles. The van der Waals surface area contributed by atoms with E-state index in [0.29, 0.717) is 0 Å². The molecule has 2 rings (SSSR count). The van der Waals surface area contributed by atoms with Crippen molar-refractivity contribution in [3.8, 4) is 0 Å². The van der Waals surface area contributed by atoms with Crippen molar-refractivity contribution < 1.29 is 19.8 Å². The number of β-amino-alcohol motifs (C(OH)–C–C–N with tert-alkyl or cyclic N) is 1. The molecule has 6 nitrogen and oxygen atoms in total. The van der Waals surface area contributed by atoms with E-state index in [-0.39, 0.29) is 30.8 Å². The number of hydrogen-bond donors (Lipinski definition) is 3. The van der Waals surface area contributed by atoms with Crippen LogP contribution in [0.4, 0.5) is 0 Å². The number of hydrogen-bond acceptors (Lipinski definition) is 4. The molecule has 2 saturated heterocycles. The summed E-state index contributed by atoms with van der Waals surface area (Å²) in [5, 5.41) is 21.9. The van der Waals surface area contributed by atoms with Crippen LogP contribution in [-0.4, -0.2) is 58.3 Å². The summed E-state index contributed by atoms with van der Waals surface area (Å²) in [5.74, 6) is -1.26. The molecule has 2 aliphatic rings. The van der Waals surface area contributed by atoms with Gasteiger partial charge in [-0.15, -0.1) is 0 Å². The predicted octanol–water partition coefficient (Wildman–Crippen LogP) is -0.579. The zero-order valence-corrected chi connectivity index (χ0v) is 10.5. The van der Waals surface area contributed by atoms with Crippen LogP contribution in [0.1, 0.15) is 26.2 Å². The van der Waals surface area contributed by atoms with Crippen molar-refractivity contribution in [2.24, 2.45) is 5.92 Å². The zero-order chi connectivity index (χ0) is 13.3. The number of aliphatic hydroxyl groups is 1. The minimum absolute atomic E-state index is 0.117. The summed E-state index contributed by atoms with van der Waals surface area (Å²) in [5.41, 5.74) is 0. The minimum atomic E-state index is -1.03. The molecule has 4 atom stereocenters. The van der Waals surface area contributed by atoms with Gasteiger partial charge in [0.1, 0.15) is 6.04 Å². The smallest absolute Gasteiger partial charge is 0.326 e. The standard InChI is InChI=1S/C12H20N2O4/c1-7-4-8(2-3-13-7)11(16)14-6-9(15)5-10(14)12(17)18/h7-10,13,15H,2-6H2,1H3,(H,17,18)/t7?,8?,9?,10-/m0/s1. The second-order valence-corrected chi connectivity index (χ2v) is 5.31. The lowest BCUT2D eigenvalue weighted by Gasteiger charge is -2.31. The molecule has 2 aliphatic heterocycles. The molecule has 6 heteroatoms. The highest BCUT2D eigenvalue weighted by atomic mass is 16.4. The molecular weight excluding hydrogens is 236 g/mol. The third-order valence-corrected chi connectivity index (χ3v) is 3.82. The number of likely N-dealkylation sites (tertiary alicyclic amines) is 1. The van der Waals surface area contributed by atoms with E-state index in [1.807, 2.05) is 6.92 Å². The molecule has 0 radical (unpaired) electrons. The van der Waals surface area contributed by atoms with E-state index in [1.54, 1.807) is 0 Å². The Hall–Kier alpha value is -1.14. The molecule has 0 bridgehead atoms. The number of aliphatic carboxylic acids is 1. The average molecular weight is 256 g/mol. The summed E-state index contributed by atoms with van der Waals surface area (Å²) >= 11 is 0. The van der Waals surface area contributed by atoms with Crippen molar-refractivity contribution in [2.45, 2.75) is 44.4 Å². The Labute approximate surface area is 106 Å². The Balaban J connectivity index is 2.05. The fraction of sp³-hybridized carbons (Fsp3) is 0.833. The zero-order valence-electron chi connectivity index (χ0n) is 10.5. The summed E-state index contributed by atoms with van der Waals surface area (Å²) in [4.78, 5) is 24.8. The molecule has 3 unspecified atom stereocenters. The SMILES string of the molecule is CC1CC(C(=O)N2CC(O)C[C@H]2C(=O)O)CCN1. The van der Waals surface area contributed by atoms with Gasteiger partial charge in [0.25, 0.3) is 0 Å². The van der Waals surface area contributed by atoms with Gasteiger partial charge in [0.15, 0.2) is 0 Å². The first-order chi connectivity index (χ1) is 8.49. The highest BCUT2D eigenvalue weighted by Gasteiger charge is 2.41. The molecule has 1 amide bonds. The van der Waals surface area contributed by atoms with Crippen molar-refractivity contribution >= 4 is 11.9 Å². The number of aliphatic hydroxyl groups excluding tert-OH is 1. The van der Waals surface area contributed by atoms with Crippen LogP contribution < -0.4 is 5.32 Å². The first kappa shape index (κ1) is 13.3. The number of piperidine rings is 1. The number of carboxylic acid groups (broad SMARTS) is 1. The van der Waals surface area contributed by atoms with Crippen molar-refractivity contribution in [3.63, 3.8) is 0 Å². The minimum Gasteiger partial charge on any atom is -0.480 e. The molecule has 0 aromatic carbocycles. The monoisotopic (exact) mass is 256 g/mol. The summed E-state index contributed by atoms with van der Waals surface area (Å²) < 4.78 is 0. The van der Waals surface area contributed by atoms with E-state index >= 15 is 0 Å². The van der Waals surface area contributed by atoms with E-state index in [2.05, 4.69) is 5.32 Å². The molecule has 0 aromatic rings. The van der Waals surface area contributed by atoms with Crippen LogP contribution in [0.2, 0.25) is 0 Å². The van der Waals surface area contributed by atoms with Gasteiger partial charge in [0.05, 0.1) is 6.10 Å². The largest absolute Gasteiger partial charge is 0.480 e. The van der Waals surface area contributed by atoms with Gasteiger partial charge in [0.2, 0.25) is 5.91 Å². The van der Waals surface area contributed by atoms with Gasteiger partial charge < -0.3 is 20.4 Å². The van der Waals surface area contributed by atoms with Gasteiger partial charge in [-0.25, -0.2) is 4.79 Å². The molecule has 2 heterocycles. The Morgan fingerprint density at radius 2 is 2.06 bits per heavy atom. The third kappa shape index (κ3) is 2.64. The molecular formula is C12H20N2O4. The van der Waals surface area contributed by atoms with Gasteiger partial charge in [-0.2, -0.15) is 0 Å². The first-order valence-corrected chi connectivity index (χ1v) is 6.43. The lowest BCUT2D eigenvalue weighted by atomic mass is 9.92. The molecule has 0 saturated carbocycles. The van der Waals surface area contributed by atoms with Crippen molar-refractivity contribution in [1.82, 2.24) is 10.2 Å². The number of carbonyl (C=O) groups excluding carboxylic acids is 1. The van der Waals surface area contributed by atoms with E-state index < -0.39 is 18.1 Å². The van der Waals surface area contributed by atoms with Crippen LogP contribution in [0.25, 0.3) is 0 Å². The van der Waals surface area contributed by atoms with E-state index in [1.165, 1.54) is 4.90 Å². The normalized spacial score (nSPS) is 36.7. The van der Waals surface area contributed by atoms with Crippen LogP contribution in [-0.2, 0) is 9.59 Å². The Morgan fingerprint density at radius 3 is 2.67 bits per heavy atom. The molecule has 2 fully saturated rings. The van der Waals surface area contributed by atoms with Gasteiger partial charge in [-0.05, 0) is 26.3 Å². The van der Waals surface area contributed by atoms with E-state index in [0.717, 1.165) is 19.4 Å². The Bertz CT molecular complexity index is 347. The van der Waals surface area contributed by atoms with Gasteiger partial charge >= 0.3 is 5.97 Å². The molecule has 0 aromatic heterocycles. The second kappa shape index (κ2) is 5.24. The van der Waals surface area contributed by atoms with Crippen LogP contribution in [0.3, 0.4) is 0 Å². The second-order valence-electron chi connectivity index (χ2n) is 5.31. The van der Waals surface area contributed by atoms with Crippen molar-refractivity contribution in [1.29, 1.82) is 0 Å². The number of nitrogens with zero attached hydrogens (tertiary/aromatic N) is 1. The fourth-order valence-corrected chi connectivity index (χ4v) is 2.88. The maximum absolute atomic E-state index is 12.3. The maximum atomic E-state index is 12.3. The van der Waals surface area contributed by atoms with Crippen molar-refractivity contribution in [3.05, 3.63) is 0 Å². The molecule has 3 N–H and O–H groups in total. The molecule has 18 heavy (non-hydrogen) atoms. The maximum Gasteiger partial charge on any atom is 0.326 e. The van der Waals surface area contributed by atoms with Gasteiger partial charge in [-0.3, -0.25) is 4.79 Å². The summed E-state index contributed by atoms with van der Waals surface area (Å²) in [6.07, 6.45) is 0.899. The number of carboxylic acids is 1. The highest BCUT2D eigenvalue weighted by Crippen LogP contribution is 2.25. The van der Waals surface area contributed by atoms with Crippen LogP contribution in [0.15, 0.2) is 0 Å². The topological polar surface area (TPSA) is 89.9 Å². The van der Waals surface area contributed by atoms with Gasteiger partial charge in [0, 0.05) is 24.9 Å². The number of carbonyl (C=O) groups is 2. The Morgan fingerprint density at radius 1 is 1.33 bits per heavy atom. The van der Waals surface area contributed by atoms with Crippen molar-refractivity contribution in [2.75, 3.05) is 13.1 Å². The Kier molecular flexibility index (Phi) is 3.87. The lowest BCUT2D eigenvalue weighted by Crippen LogP contribution is -2.47. The highest BCUT2D eigenvalue weighted by molar-refractivity contribution is 5.86. The van der Waals surface area contributed by atoms with Crippen LogP contribution >= 0.6 is 0 Å². The number of amides is 1. The van der Waals surface area contributed by atoms with E-state index in [4.69, 9.17) is 5.11 Å². The molecule has 0 spiro atoms. The molecule has 102 valence electrons. The van der Waals surface area contributed by atoms with Gasteiger partial charge in [-0.1, -0.05) is 0 Å². The number of nitrogens with one attached hydrogen (secondary N) is 1.